The Balaban J connectivity index is 1.57. The second-order valence-corrected chi connectivity index (χ2v) is 12.9. The zero-order chi connectivity index (χ0) is 27.0. The van der Waals surface area contributed by atoms with E-state index < -0.39 is 5.91 Å². The van der Waals surface area contributed by atoms with Gasteiger partial charge in [-0.15, -0.1) is 11.3 Å². The van der Waals surface area contributed by atoms with Crippen LogP contribution < -0.4 is 22.1 Å². The van der Waals surface area contributed by atoms with Gasteiger partial charge in [-0.3, -0.25) is 9.59 Å². The van der Waals surface area contributed by atoms with Crippen molar-refractivity contribution >= 4 is 33.4 Å². The van der Waals surface area contributed by atoms with Crippen molar-refractivity contribution in [2.75, 3.05) is 19.6 Å². The van der Waals surface area contributed by atoms with Crippen molar-refractivity contribution in [1.82, 2.24) is 15.6 Å². The Bertz CT molecular complexity index is 1350. The van der Waals surface area contributed by atoms with Gasteiger partial charge in [-0.05, 0) is 91.4 Å². The number of nitrogens with zero attached hydrogens (tertiary/aromatic N) is 1. The molecule has 7 nitrogen and oxygen atoms in total. The molecule has 0 bridgehead atoms. The average Bonchev–Trinajstić information content (AvgIpc) is 3.52. The topological polar surface area (TPSA) is 123 Å². The minimum atomic E-state index is -0.446. The minimum Gasteiger partial charge on any atom is -0.365 e. The van der Waals surface area contributed by atoms with Crippen LogP contribution in [0, 0.1) is 11.3 Å². The third kappa shape index (κ3) is 5.35. The van der Waals surface area contributed by atoms with Gasteiger partial charge in [-0.1, -0.05) is 32.9 Å². The van der Waals surface area contributed by atoms with E-state index in [1.807, 2.05) is 24.3 Å². The third-order valence-electron chi connectivity index (χ3n) is 8.28. The van der Waals surface area contributed by atoms with Crippen LogP contribution >= 0.6 is 11.3 Å². The molecule has 0 saturated carbocycles. The monoisotopic (exact) mass is 533 g/mol. The summed E-state index contributed by atoms with van der Waals surface area (Å²) in [7, 11) is 0. The first-order valence-corrected chi connectivity index (χ1v) is 14.5. The molecule has 0 radical (unpaired) electrons. The van der Waals surface area contributed by atoms with Gasteiger partial charge in [0.1, 0.15) is 4.83 Å². The molecule has 1 aliphatic carbocycles. The van der Waals surface area contributed by atoms with Crippen molar-refractivity contribution in [3.8, 4) is 0 Å². The number of carbonyl (C=O) groups excluding carboxylic acids is 2. The first-order valence-electron chi connectivity index (χ1n) is 13.7. The van der Waals surface area contributed by atoms with E-state index in [1.165, 1.54) is 16.9 Å². The number of pyridine rings is 1. The highest BCUT2D eigenvalue weighted by Crippen LogP contribution is 2.43. The maximum atomic E-state index is 13.0. The number of thiophene rings is 1. The number of primary amides is 1. The van der Waals surface area contributed by atoms with E-state index in [4.69, 9.17) is 16.5 Å². The SMILES string of the molecule is CC(C)(C)C1CCc2nc3sc(C(N)=O)c([C@H](CCN)c4cccc(C(=O)N[C@H]5CCNC5)c4)c3cc2C1. The van der Waals surface area contributed by atoms with E-state index in [1.54, 1.807) is 0 Å². The lowest BCUT2D eigenvalue weighted by Gasteiger charge is -2.34. The van der Waals surface area contributed by atoms with Crippen LogP contribution in [-0.2, 0) is 12.8 Å². The zero-order valence-electron chi connectivity index (χ0n) is 22.6. The molecule has 1 fully saturated rings. The summed E-state index contributed by atoms with van der Waals surface area (Å²) in [5.41, 5.74) is 17.1. The Labute approximate surface area is 228 Å². The fraction of sp³-hybridized carbons (Fsp3) is 0.500. The number of fused-ring (bicyclic) bond motifs is 2. The molecule has 38 heavy (non-hydrogen) atoms. The summed E-state index contributed by atoms with van der Waals surface area (Å²) in [5, 5.41) is 7.40. The van der Waals surface area contributed by atoms with Gasteiger partial charge in [0.2, 0.25) is 0 Å². The number of hydrogen-bond donors (Lipinski definition) is 4. The van der Waals surface area contributed by atoms with Gasteiger partial charge in [-0.2, -0.15) is 0 Å². The molecule has 8 heteroatoms. The van der Waals surface area contributed by atoms with E-state index >= 15 is 0 Å². The molecular formula is C30H39N5O2S. The number of aromatic nitrogens is 1. The van der Waals surface area contributed by atoms with Gasteiger partial charge in [0.05, 0.1) is 4.88 Å². The summed E-state index contributed by atoms with van der Waals surface area (Å²) >= 11 is 1.38. The van der Waals surface area contributed by atoms with Crippen LogP contribution in [0.15, 0.2) is 30.3 Å². The Kier molecular flexibility index (Phi) is 7.58. The molecule has 202 valence electrons. The van der Waals surface area contributed by atoms with Crippen LogP contribution in [0.1, 0.15) is 88.4 Å². The highest BCUT2D eigenvalue weighted by atomic mass is 32.1. The highest BCUT2D eigenvalue weighted by molar-refractivity contribution is 7.20. The van der Waals surface area contributed by atoms with E-state index in [0.29, 0.717) is 29.3 Å². The summed E-state index contributed by atoms with van der Waals surface area (Å²) in [5.74, 6) is -0.115. The molecule has 1 saturated heterocycles. The number of nitrogens with two attached hydrogens (primary N) is 2. The molecular weight excluding hydrogens is 494 g/mol. The Morgan fingerprint density at radius 2 is 2.05 bits per heavy atom. The summed E-state index contributed by atoms with van der Waals surface area (Å²) in [6.07, 6.45) is 4.61. The molecule has 6 N–H and O–H groups in total. The summed E-state index contributed by atoms with van der Waals surface area (Å²) in [4.78, 5) is 32.2. The first kappa shape index (κ1) is 26.8. The number of benzene rings is 1. The number of amides is 2. The standard InChI is InChI=1S/C30H39N5O2S/c1-30(2,3)20-7-8-24-19(14-20)15-23-25(26(27(32)36)38-29(23)35-24)22(9-11-31)17-5-4-6-18(13-17)28(37)34-21-10-12-33-16-21/h4-6,13,15,20-22,33H,7-12,14,16,31H2,1-3H3,(H2,32,36)(H,34,37)/t20?,21-,22+/m0/s1. The quantitative estimate of drug-likeness (QED) is 0.364. The second kappa shape index (κ2) is 10.8. The molecule has 2 aromatic heterocycles. The van der Waals surface area contributed by atoms with E-state index in [2.05, 4.69) is 37.5 Å². The van der Waals surface area contributed by atoms with Crippen LogP contribution in [0.3, 0.4) is 0 Å². The second-order valence-electron chi connectivity index (χ2n) is 11.9. The molecule has 1 unspecified atom stereocenters. The zero-order valence-corrected chi connectivity index (χ0v) is 23.4. The fourth-order valence-electron chi connectivity index (χ4n) is 6.05. The van der Waals surface area contributed by atoms with Gasteiger partial charge in [0, 0.05) is 35.1 Å². The first-order chi connectivity index (χ1) is 18.2. The molecule has 2 aliphatic rings. The molecule has 3 aromatic rings. The smallest absolute Gasteiger partial charge is 0.259 e. The highest BCUT2D eigenvalue weighted by Gasteiger charge is 2.32. The Morgan fingerprint density at radius 1 is 1.24 bits per heavy atom. The van der Waals surface area contributed by atoms with Crippen molar-refractivity contribution in [3.63, 3.8) is 0 Å². The number of hydrogen-bond acceptors (Lipinski definition) is 6. The third-order valence-corrected chi connectivity index (χ3v) is 9.41. The molecule has 3 heterocycles. The van der Waals surface area contributed by atoms with Crippen molar-refractivity contribution in [2.45, 2.75) is 64.8 Å². The van der Waals surface area contributed by atoms with Gasteiger partial charge >= 0.3 is 0 Å². The molecule has 2 amide bonds. The molecule has 1 aromatic carbocycles. The van der Waals surface area contributed by atoms with E-state index in [9.17, 15) is 9.59 Å². The van der Waals surface area contributed by atoms with E-state index in [-0.39, 0.29) is 23.3 Å². The normalized spacial score (nSPS) is 20.3. The lowest BCUT2D eigenvalue weighted by molar-refractivity contribution is 0.0938. The summed E-state index contributed by atoms with van der Waals surface area (Å²) < 4.78 is 0. The lowest BCUT2D eigenvalue weighted by atomic mass is 9.71. The van der Waals surface area contributed by atoms with Crippen molar-refractivity contribution in [1.29, 1.82) is 0 Å². The Morgan fingerprint density at radius 3 is 2.74 bits per heavy atom. The predicted octanol–water partition coefficient (Wildman–Crippen LogP) is 4.12. The lowest BCUT2D eigenvalue weighted by Crippen LogP contribution is -2.36. The summed E-state index contributed by atoms with van der Waals surface area (Å²) in [6, 6.07) is 10.1. The number of aryl methyl sites for hydroxylation is 1. The van der Waals surface area contributed by atoms with Gasteiger partial charge in [0.25, 0.3) is 11.8 Å². The number of rotatable bonds is 7. The molecule has 3 atom stereocenters. The number of carbonyl (C=O) groups is 2. The van der Waals surface area contributed by atoms with Crippen LogP contribution in [0.4, 0.5) is 0 Å². The predicted molar refractivity (Wildman–Crippen MR) is 154 cm³/mol. The molecule has 1 aliphatic heterocycles. The van der Waals surface area contributed by atoms with Crippen LogP contribution in [0.5, 0.6) is 0 Å². The number of nitrogens with one attached hydrogen (secondary N) is 2. The van der Waals surface area contributed by atoms with Crippen LogP contribution in [-0.4, -0.2) is 42.5 Å². The van der Waals surface area contributed by atoms with Crippen LogP contribution in [0.2, 0.25) is 0 Å². The van der Waals surface area contributed by atoms with Crippen molar-refractivity contribution in [3.05, 3.63) is 63.2 Å². The average molecular weight is 534 g/mol. The largest absolute Gasteiger partial charge is 0.365 e. The van der Waals surface area contributed by atoms with Gasteiger partial charge in [0.15, 0.2) is 0 Å². The maximum absolute atomic E-state index is 13.0. The molecule has 5 rings (SSSR count). The van der Waals surface area contributed by atoms with E-state index in [0.717, 1.165) is 65.8 Å². The van der Waals surface area contributed by atoms with Crippen molar-refractivity contribution in [2.24, 2.45) is 22.8 Å². The van der Waals surface area contributed by atoms with Gasteiger partial charge < -0.3 is 22.1 Å². The molecule has 0 spiro atoms. The van der Waals surface area contributed by atoms with Gasteiger partial charge in [-0.25, -0.2) is 4.98 Å². The Hall–Kier alpha value is -2.81. The maximum Gasteiger partial charge on any atom is 0.259 e. The summed E-state index contributed by atoms with van der Waals surface area (Å²) in [6.45, 7) is 9.06. The van der Waals surface area contributed by atoms with Crippen molar-refractivity contribution < 1.29 is 9.59 Å². The van der Waals surface area contributed by atoms with Crippen LogP contribution in [0.25, 0.3) is 10.2 Å². The minimum absolute atomic E-state index is 0.0821. The fourth-order valence-corrected chi connectivity index (χ4v) is 7.14.